The molecular formula is C30H27BrN2O5. The summed E-state index contributed by atoms with van der Waals surface area (Å²) in [7, 11) is 0. The Hall–Kier alpha value is -3.78. The third-order valence-electron chi connectivity index (χ3n) is 7.35. The van der Waals surface area contributed by atoms with E-state index in [0.29, 0.717) is 24.2 Å². The molecule has 0 bridgehead atoms. The number of ether oxygens (including phenoxy) is 1. The van der Waals surface area contributed by atoms with Crippen molar-refractivity contribution in [2.45, 2.75) is 32.1 Å². The number of imide groups is 1. The Kier molecular flexibility index (Phi) is 7.42. The normalized spacial score (nSPS) is 20.7. The van der Waals surface area contributed by atoms with Gasteiger partial charge in [-0.3, -0.25) is 19.3 Å². The van der Waals surface area contributed by atoms with Crippen molar-refractivity contribution < 1.29 is 23.9 Å². The Morgan fingerprint density at radius 1 is 0.947 bits per heavy atom. The van der Waals surface area contributed by atoms with Gasteiger partial charge in [-0.1, -0.05) is 46.3 Å². The number of nitrogens with zero attached hydrogens (tertiary/aromatic N) is 1. The number of halogens is 1. The van der Waals surface area contributed by atoms with E-state index in [1.165, 1.54) is 22.6 Å². The molecule has 0 spiro atoms. The highest BCUT2D eigenvalue weighted by molar-refractivity contribution is 9.10. The molecule has 7 nitrogen and oxygen atoms in total. The summed E-state index contributed by atoms with van der Waals surface area (Å²) in [5.74, 6) is -1.87. The highest BCUT2D eigenvalue weighted by atomic mass is 79.9. The minimum atomic E-state index is -0.669. The lowest BCUT2D eigenvalue weighted by Crippen LogP contribution is -2.30. The van der Waals surface area contributed by atoms with Crippen molar-refractivity contribution in [2.24, 2.45) is 11.8 Å². The number of nitrogens with one attached hydrogen (secondary N) is 1. The van der Waals surface area contributed by atoms with Crippen molar-refractivity contribution in [3.8, 4) is 0 Å². The van der Waals surface area contributed by atoms with Crippen LogP contribution in [0.5, 0.6) is 0 Å². The van der Waals surface area contributed by atoms with E-state index in [2.05, 4.69) is 33.4 Å². The lowest BCUT2D eigenvalue weighted by atomic mass is 9.73. The number of hydrogen-bond acceptors (Lipinski definition) is 5. The molecule has 2 fully saturated rings. The standard InChI is InChI=1S/C30H27BrN2O5/c1-18-15-22(31)10-14-26(18)32-27(34)17-38-30(37)20-7-11-23(12-8-20)33-28(35)24-13-9-21(16-25(24)29(33)36)19-5-3-2-4-6-19/h2-8,10-12,14-15,21,24-25H,9,13,16-17H2,1H3,(H,32,34)/t21-,24-,25-/m1/s1. The molecule has 2 aliphatic rings. The maximum Gasteiger partial charge on any atom is 0.338 e. The second-order valence-electron chi connectivity index (χ2n) is 9.78. The Labute approximate surface area is 229 Å². The van der Waals surface area contributed by atoms with Crippen molar-refractivity contribution in [1.29, 1.82) is 0 Å². The minimum absolute atomic E-state index is 0.179. The molecule has 1 saturated heterocycles. The van der Waals surface area contributed by atoms with E-state index in [9.17, 15) is 19.2 Å². The SMILES string of the molecule is Cc1cc(Br)ccc1NC(=O)COC(=O)c1ccc(N2C(=O)[C@@H]3CC[C@@H](c4ccccc4)C[C@H]3C2=O)cc1. The number of rotatable bonds is 6. The predicted molar refractivity (Wildman–Crippen MR) is 147 cm³/mol. The van der Waals surface area contributed by atoms with E-state index in [1.54, 1.807) is 18.2 Å². The summed E-state index contributed by atoms with van der Waals surface area (Å²) in [6.45, 7) is 1.42. The van der Waals surface area contributed by atoms with Gasteiger partial charge in [-0.2, -0.15) is 0 Å². The monoisotopic (exact) mass is 574 g/mol. The van der Waals surface area contributed by atoms with Crippen LogP contribution < -0.4 is 10.2 Å². The van der Waals surface area contributed by atoms with Crippen LogP contribution >= 0.6 is 15.9 Å². The summed E-state index contributed by atoms with van der Waals surface area (Å²) in [6, 6.07) is 21.7. The van der Waals surface area contributed by atoms with Crippen LogP contribution in [0.1, 0.15) is 46.7 Å². The first kappa shape index (κ1) is 25.9. The molecular weight excluding hydrogens is 548 g/mol. The Balaban J connectivity index is 1.20. The van der Waals surface area contributed by atoms with Gasteiger partial charge < -0.3 is 10.1 Å². The summed E-state index contributed by atoms with van der Waals surface area (Å²) in [4.78, 5) is 52.4. The van der Waals surface area contributed by atoms with Gasteiger partial charge in [0.2, 0.25) is 11.8 Å². The molecule has 38 heavy (non-hydrogen) atoms. The van der Waals surface area contributed by atoms with Crippen LogP contribution in [0.3, 0.4) is 0 Å². The molecule has 1 aliphatic heterocycles. The summed E-state index contributed by atoms with van der Waals surface area (Å²) >= 11 is 3.38. The smallest absolute Gasteiger partial charge is 0.338 e. The van der Waals surface area contributed by atoms with Gasteiger partial charge in [-0.15, -0.1) is 0 Å². The van der Waals surface area contributed by atoms with Crippen molar-refractivity contribution in [3.63, 3.8) is 0 Å². The third kappa shape index (κ3) is 5.27. The molecule has 3 aromatic rings. The van der Waals surface area contributed by atoms with Crippen molar-refractivity contribution in [3.05, 3.63) is 94.0 Å². The molecule has 5 rings (SSSR count). The maximum absolute atomic E-state index is 13.3. The van der Waals surface area contributed by atoms with E-state index in [1.807, 2.05) is 37.3 Å². The Morgan fingerprint density at radius 3 is 2.37 bits per heavy atom. The van der Waals surface area contributed by atoms with Crippen LogP contribution in [-0.2, 0) is 19.1 Å². The maximum atomic E-state index is 13.3. The van der Waals surface area contributed by atoms with Crippen LogP contribution in [0.4, 0.5) is 11.4 Å². The molecule has 8 heteroatoms. The quantitative estimate of drug-likeness (QED) is 0.304. The molecule has 1 N–H and O–H groups in total. The topological polar surface area (TPSA) is 92.8 Å². The third-order valence-corrected chi connectivity index (χ3v) is 7.85. The van der Waals surface area contributed by atoms with Crippen LogP contribution in [-0.4, -0.2) is 30.3 Å². The first-order valence-electron chi connectivity index (χ1n) is 12.6. The van der Waals surface area contributed by atoms with Crippen LogP contribution in [0.25, 0.3) is 0 Å². The number of aryl methyl sites for hydroxylation is 1. The molecule has 3 amide bonds. The summed E-state index contributed by atoms with van der Waals surface area (Å²) in [5, 5.41) is 2.72. The summed E-state index contributed by atoms with van der Waals surface area (Å²) < 4.78 is 6.06. The molecule has 1 saturated carbocycles. The van der Waals surface area contributed by atoms with Gasteiger partial charge in [-0.05, 0) is 85.7 Å². The van der Waals surface area contributed by atoms with Crippen molar-refractivity contribution in [2.75, 3.05) is 16.8 Å². The predicted octanol–water partition coefficient (Wildman–Crippen LogP) is 5.63. The molecule has 0 unspecified atom stereocenters. The average molecular weight is 575 g/mol. The highest BCUT2D eigenvalue weighted by Crippen LogP contribution is 2.45. The number of amides is 3. The number of benzene rings is 3. The fraction of sp³-hybridized carbons (Fsp3) is 0.267. The first-order valence-corrected chi connectivity index (χ1v) is 13.4. The molecule has 0 radical (unpaired) electrons. The van der Waals surface area contributed by atoms with Crippen LogP contribution in [0.15, 0.2) is 77.3 Å². The largest absolute Gasteiger partial charge is 0.452 e. The lowest BCUT2D eigenvalue weighted by Gasteiger charge is -2.28. The first-order chi connectivity index (χ1) is 18.3. The van der Waals surface area contributed by atoms with Gasteiger partial charge in [0, 0.05) is 10.2 Å². The second-order valence-corrected chi connectivity index (χ2v) is 10.7. The fourth-order valence-electron chi connectivity index (χ4n) is 5.38. The summed E-state index contributed by atoms with van der Waals surface area (Å²) in [6.07, 6.45) is 2.21. The zero-order valence-corrected chi connectivity index (χ0v) is 22.4. The van der Waals surface area contributed by atoms with Gasteiger partial charge in [0.05, 0.1) is 23.1 Å². The number of carbonyl (C=O) groups excluding carboxylic acids is 4. The van der Waals surface area contributed by atoms with Gasteiger partial charge in [0.1, 0.15) is 0 Å². The van der Waals surface area contributed by atoms with Crippen molar-refractivity contribution in [1.82, 2.24) is 0 Å². The highest BCUT2D eigenvalue weighted by Gasteiger charge is 2.50. The molecule has 1 aliphatic carbocycles. The fourth-order valence-corrected chi connectivity index (χ4v) is 5.85. The van der Waals surface area contributed by atoms with E-state index in [0.717, 1.165) is 16.5 Å². The van der Waals surface area contributed by atoms with Crippen molar-refractivity contribution >= 4 is 51.0 Å². The van der Waals surface area contributed by atoms with E-state index >= 15 is 0 Å². The van der Waals surface area contributed by atoms with Crippen LogP contribution in [0, 0.1) is 18.8 Å². The second kappa shape index (κ2) is 10.9. The molecule has 0 aromatic heterocycles. The Bertz CT molecular complexity index is 1390. The number of carbonyl (C=O) groups is 4. The van der Waals surface area contributed by atoms with Gasteiger partial charge in [0.15, 0.2) is 6.61 Å². The average Bonchev–Trinajstić information content (AvgIpc) is 3.18. The van der Waals surface area contributed by atoms with Gasteiger partial charge >= 0.3 is 5.97 Å². The zero-order valence-electron chi connectivity index (χ0n) is 20.9. The number of esters is 1. The molecule has 3 atom stereocenters. The number of anilines is 2. The van der Waals surface area contributed by atoms with Gasteiger partial charge in [-0.25, -0.2) is 4.79 Å². The minimum Gasteiger partial charge on any atom is -0.452 e. The zero-order chi connectivity index (χ0) is 26.8. The number of hydrogen-bond donors (Lipinski definition) is 1. The van der Waals surface area contributed by atoms with Crippen LogP contribution in [0.2, 0.25) is 0 Å². The molecule has 1 heterocycles. The Morgan fingerprint density at radius 2 is 1.66 bits per heavy atom. The van der Waals surface area contributed by atoms with Gasteiger partial charge in [0.25, 0.3) is 5.91 Å². The van der Waals surface area contributed by atoms with E-state index in [-0.39, 0.29) is 35.1 Å². The summed E-state index contributed by atoms with van der Waals surface area (Å²) in [5.41, 5.74) is 3.37. The molecule has 3 aromatic carbocycles. The van der Waals surface area contributed by atoms with E-state index < -0.39 is 18.5 Å². The van der Waals surface area contributed by atoms with E-state index in [4.69, 9.17) is 4.74 Å². The lowest BCUT2D eigenvalue weighted by molar-refractivity contribution is -0.122. The molecule has 194 valence electrons. The number of fused-ring (bicyclic) bond motifs is 1.